The van der Waals surface area contributed by atoms with E-state index >= 15 is 0 Å². The minimum atomic E-state index is -0.284. The fourth-order valence-electron chi connectivity index (χ4n) is 4.69. The maximum Gasteiger partial charge on any atom is 0.298 e. The number of piperidine rings is 1. The zero-order valence-electron chi connectivity index (χ0n) is 19.4. The molecule has 1 fully saturated rings. The van der Waals surface area contributed by atoms with Crippen molar-refractivity contribution in [2.45, 2.75) is 51.2 Å². The Labute approximate surface area is 198 Å². The molecule has 178 valence electrons. The molecule has 2 unspecified atom stereocenters. The van der Waals surface area contributed by atoms with Gasteiger partial charge in [-0.15, -0.1) is 0 Å². The molecule has 0 spiro atoms. The predicted molar refractivity (Wildman–Crippen MR) is 126 cm³/mol. The predicted octanol–water partition coefficient (Wildman–Crippen LogP) is 4.02. The van der Waals surface area contributed by atoms with Crippen LogP contribution in [0.25, 0.3) is 0 Å². The summed E-state index contributed by atoms with van der Waals surface area (Å²) < 4.78 is 19.0. The van der Waals surface area contributed by atoms with E-state index in [1.807, 2.05) is 22.1 Å². The molecule has 1 aromatic carbocycles. The summed E-state index contributed by atoms with van der Waals surface area (Å²) in [5, 5.41) is 3.45. The third-order valence-corrected chi connectivity index (χ3v) is 6.42. The fourth-order valence-corrected chi connectivity index (χ4v) is 4.69. The molecule has 3 aliphatic heterocycles. The van der Waals surface area contributed by atoms with E-state index in [1.165, 1.54) is 12.1 Å². The van der Waals surface area contributed by atoms with Crippen molar-refractivity contribution in [3.63, 3.8) is 0 Å². The van der Waals surface area contributed by atoms with Gasteiger partial charge in [-0.05, 0) is 42.5 Å². The molecule has 3 aliphatic rings. The summed E-state index contributed by atoms with van der Waals surface area (Å²) in [7, 11) is 0. The molecular weight excluding hydrogens is 435 g/mol. The zero-order chi connectivity index (χ0) is 23.7. The molecule has 1 saturated heterocycles. The van der Waals surface area contributed by atoms with E-state index in [1.54, 1.807) is 24.6 Å². The van der Waals surface area contributed by atoms with E-state index in [4.69, 9.17) is 14.7 Å². The smallest absolute Gasteiger partial charge is 0.298 e. The number of ether oxygens (including phenoxy) is 1. The molecule has 5 rings (SSSR count). The lowest BCUT2D eigenvalue weighted by Crippen LogP contribution is -2.42. The Hall–Kier alpha value is -3.49. The number of benzene rings is 1. The lowest BCUT2D eigenvalue weighted by atomic mass is 9.97. The highest BCUT2D eigenvalue weighted by atomic mass is 19.1. The summed E-state index contributed by atoms with van der Waals surface area (Å²) in [5.74, 6) is 0.874. The second-order valence-corrected chi connectivity index (χ2v) is 9.37. The Bertz CT molecular complexity index is 1090. The van der Waals surface area contributed by atoms with Crippen LogP contribution in [0.5, 0.6) is 0 Å². The first-order valence-corrected chi connectivity index (χ1v) is 11.8. The summed E-state index contributed by atoms with van der Waals surface area (Å²) in [4.78, 5) is 30.2. The number of carbonyl (C=O) groups excluding carboxylic acids is 1. The lowest BCUT2D eigenvalue weighted by molar-refractivity contribution is -0.132. The highest BCUT2D eigenvalue weighted by Gasteiger charge is 2.41. The van der Waals surface area contributed by atoms with Crippen molar-refractivity contribution in [2.75, 3.05) is 18.4 Å². The molecule has 2 aromatic rings. The van der Waals surface area contributed by atoms with Crippen LogP contribution in [-0.2, 0) is 9.53 Å². The lowest BCUT2D eigenvalue weighted by Gasteiger charge is -2.33. The molecule has 0 saturated carbocycles. The largest absolute Gasteiger partial charge is 0.432 e. The van der Waals surface area contributed by atoms with Crippen molar-refractivity contribution >= 4 is 17.9 Å². The monoisotopic (exact) mass is 464 g/mol. The van der Waals surface area contributed by atoms with Crippen LogP contribution in [-0.4, -0.2) is 50.8 Å². The molecule has 1 aromatic heterocycles. The SMILES string of the molecule is CC(C)CC(=O)N1CCC(Nc2nccc(C3C(c4ccc(F)cc4)N=C4OC=CN43)n2)CC1. The van der Waals surface area contributed by atoms with Gasteiger partial charge in [-0.3, -0.25) is 9.69 Å². The number of rotatable bonds is 6. The summed E-state index contributed by atoms with van der Waals surface area (Å²) in [5.41, 5.74) is 1.68. The van der Waals surface area contributed by atoms with Gasteiger partial charge in [0.25, 0.3) is 6.02 Å². The molecule has 0 radical (unpaired) electrons. The van der Waals surface area contributed by atoms with Gasteiger partial charge in [0.1, 0.15) is 24.2 Å². The third kappa shape index (κ3) is 4.60. The molecule has 0 bridgehead atoms. The highest BCUT2D eigenvalue weighted by molar-refractivity contribution is 5.80. The summed E-state index contributed by atoms with van der Waals surface area (Å²) in [6.45, 7) is 5.62. The Morgan fingerprint density at radius 1 is 1.21 bits per heavy atom. The summed E-state index contributed by atoms with van der Waals surface area (Å²) in [6, 6.07) is 8.47. The Morgan fingerprint density at radius 3 is 2.71 bits per heavy atom. The molecule has 2 atom stereocenters. The molecule has 34 heavy (non-hydrogen) atoms. The van der Waals surface area contributed by atoms with E-state index in [-0.39, 0.29) is 29.8 Å². The molecule has 1 amide bonds. The number of nitrogens with zero attached hydrogens (tertiary/aromatic N) is 5. The van der Waals surface area contributed by atoms with Gasteiger partial charge in [-0.25, -0.2) is 19.4 Å². The number of aliphatic imine (C=N–C) groups is 1. The highest BCUT2D eigenvalue weighted by Crippen LogP contribution is 2.43. The van der Waals surface area contributed by atoms with Crippen molar-refractivity contribution < 1.29 is 13.9 Å². The summed E-state index contributed by atoms with van der Waals surface area (Å²) >= 11 is 0. The topological polar surface area (TPSA) is 83.0 Å². The Balaban J connectivity index is 1.29. The molecule has 0 aliphatic carbocycles. The van der Waals surface area contributed by atoms with Gasteiger partial charge >= 0.3 is 0 Å². The molecule has 1 N–H and O–H groups in total. The molecule has 8 nitrogen and oxygen atoms in total. The van der Waals surface area contributed by atoms with Crippen LogP contribution in [0.4, 0.5) is 10.3 Å². The number of amides is 1. The normalized spacial score (nSPS) is 22.1. The van der Waals surface area contributed by atoms with Gasteiger partial charge < -0.3 is 15.0 Å². The van der Waals surface area contributed by atoms with Gasteiger partial charge in [-0.2, -0.15) is 0 Å². The number of hydrogen-bond acceptors (Lipinski definition) is 7. The number of amidine groups is 1. The van der Waals surface area contributed by atoms with Gasteiger partial charge in [0.2, 0.25) is 11.9 Å². The Morgan fingerprint density at radius 2 is 1.97 bits per heavy atom. The second kappa shape index (κ2) is 9.40. The number of nitrogens with one attached hydrogen (secondary N) is 1. The van der Waals surface area contributed by atoms with Crippen LogP contribution in [0.2, 0.25) is 0 Å². The number of carbonyl (C=O) groups is 1. The fraction of sp³-hybridized carbons (Fsp3) is 0.440. The second-order valence-electron chi connectivity index (χ2n) is 9.37. The van der Waals surface area contributed by atoms with Crippen molar-refractivity contribution in [2.24, 2.45) is 10.9 Å². The van der Waals surface area contributed by atoms with Gasteiger partial charge in [0.05, 0.1) is 5.69 Å². The maximum absolute atomic E-state index is 13.5. The van der Waals surface area contributed by atoms with Crippen LogP contribution in [0.3, 0.4) is 0 Å². The minimum Gasteiger partial charge on any atom is -0.432 e. The van der Waals surface area contributed by atoms with Crippen LogP contribution in [0.15, 0.2) is 54.0 Å². The van der Waals surface area contributed by atoms with Crippen LogP contribution in [0, 0.1) is 11.7 Å². The van der Waals surface area contributed by atoms with E-state index in [0.29, 0.717) is 24.3 Å². The third-order valence-electron chi connectivity index (χ3n) is 6.42. The number of anilines is 1. The number of likely N-dealkylation sites (tertiary alicyclic amines) is 1. The summed E-state index contributed by atoms with van der Waals surface area (Å²) in [6.07, 6.45) is 7.49. The van der Waals surface area contributed by atoms with Crippen molar-refractivity contribution in [3.05, 3.63) is 66.1 Å². The van der Waals surface area contributed by atoms with Crippen LogP contribution in [0.1, 0.15) is 56.5 Å². The van der Waals surface area contributed by atoms with Gasteiger partial charge in [0, 0.05) is 37.9 Å². The average molecular weight is 465 g/mol. The van der Waals surface area contributed by atoms with E-state index < -0.39 is 0 Å². The average Bonchev–Trinajstić information content (AvgIpc) is 3.41. The minimum absolute atomic E-state index is 0.205. The quantitative estimate of drug-likeness (QED) is 0.695. The van der Waals surface area contributed by atoms with E-state index in [0.717, 1.165) is 37.2 Å². The molecule has 9 heteroatoms. The Kier molecular flexibility index (Phi) is 6.17. The van der Waals surface area contributed by atoms with Crippen molar-refractivity contribution in [1.29, 1.82) is 0 Å². The van der Waals surface area contributed by atoms with Crippen LogP contribution < -0.4 is 5.32 Å². The maximum atomic E-state index is 13.5. The van der Waals surface area contributed by atoms with Crippen LogP contribution >= 0.6 is 0 Å². The number of hydrogen-bond donors (Lipinski definition) is 1. The molecular formula is C25H29FN6O2. The first kappa shape index (κ1) is 22.3. The first-order chi connectivity index (χ1) is 16.5. The van der Waals surface area contributed by atoms with E-state index in [2.05, 4.69) is 24.1 Å². The van der Waals surface area contributed by atoms with Gasteiger partial charge in [-0.1, -0.05) is 26.0 Å². The number of fused-ring (bicyclic) bond motifs is 1. The first-order valence-electron chi connectivity index (χ1n) is 11.8. The molecule has 4 heterocycles. The van der Waals surface area contributed by atoms with Crippen molar-refractivity contribution in [1.82, 2.24) is 19.8 Å². The van der Waals surface area contributed by atoms with E-state index in [9.17, 15) is 9.18 Å². The zero-order valence-corrected chi connectivity index (χ0v) is 19.4. The number of aromatic nitrogens is 2. The standard InChI is InChI=1S/C25H29FN6O2/c1-16(2)15-21(33)31-11-8-19(9-12-31)28-24-27-10-7-20(29-24)23-22(17-3-5-18(26)6-4-17)30-25-32(23)13-14-34-25/h3-7,10,13-14,16,19,22-23H,8-9,11-12,15H2,1-2H3,(H,27,28,29). The van der Waals surface area contributed by atoms with Gasteiger partial charge in [0.15, 0.2) is 0 Å². The number of halogens is 1. The van der Waals surface area contributed by atoms with Crippen molar-refractivity contribution in [3.8, 4) is 0 Å².